The number of carbonyl (C=O) groups is 1. The predicted molar refractivity (Wildman–Crippen MR) is 88.8 cm³/mol. The van der Waals surface area contributed by atoms with Crippen molar-refractivity contribution in [1.29, 1.82) is 0 Å². The molecule has 2 saturated heterocycles. The van der Waals surface area contributed by atoms with Crippen LogP contribution in [0.25, 0.3) is 0 Å². The monoisotopic (exact) mass is 321 g/mol. The number of thioether (sulfide) groups is 1. The Labute approximate surface area is 133 Å². The summed E-state index contributed by atoms with van der Waals surface area (Å²) < 4.78 is 0. The third-order valence-electron chi connectivity index (χ3n) is 4.49. The van der Waals surface area contributed by atoms with E-state index >= 15 is 0 Å². The molecule has 0 aromatic heterocycles. The lowest BCUT2D eigenvalue weighted by Gasteiger charge is -2.30. The fourth-order valence-electron chi connectivity index (χ4n) is 3.28. The summed E-state index contributed by atoms with van der Waals surface area (Å²) in [5.74, 6) is 0.622. The Hall–Kier alpha value is 0.0300. The molecule has 2 heterocycles. The number of likely N-dealkylation sites (tertiary alicyclic amines) is 1. The van der Waals surface area contributed by atoms with Crippen molar-refractivity contribution >= 4 is 30.1 Å². The first kappa shape index (κ1) is 18.1. The van der Waals surface area contributed by atoms with Crippen molar-refractivity contribution in [2.45, 2.75) is 37.1 Å². The molecule has 2 aliphatic rings. The molecule has 0 spiro atoms. The molecular weight excluding hydrogens is 294 g/mol. The van der Waals surface area contributed by atoms with Gasteiger partial charge in [-0.3, -0.25) is 4.79 Å². The normalized spacial score (nSPS) is 34.1. The third kappa shape index (κ3) is 4.03. The maximum atomic E-state index is 12.6. The minimum atomic E-state index is 0. The van der Waals surface area contributed by atoms with E-state index in [1.54, 1.807) is 0 Å². The summed E-state index contributed by atoms with van der Waals surface area (Å²) >= 11 is 1.89. The molecule has 0 aromatic rings. The molecule has 6 heteroatoms. The number of piperidine rings is 1. The Morgan fingerprint density at radius 2 is 2.05 bits per heavy atom. The highest BCUT2D eigenvalue weighted by atomic mass is 35.5. The number of hydrogen-bond acceptors (Lipinski definition) is 4. The fourth-order valence-corrected chi connectivity index (χ4v) is 4.25. The summed E-state index contributed by atoms with van der Waals surface area (Å²) in [5, 5.41) is 3.98. The van der Waals surface area contributed by atoms with Crippen LogP contribution in [0.1, 0.15) is 19.8 Å². The molecule has 4 nitrogen and oxygen atoms in total. The van der Waals surface area contributed by atoms with Crippen molar-refractivity contribution in [3.05, 3.63) is 0 Å². The van der Waals surface area contributed by atoms with Gasteiger partial charge in [-0.1, -0.05) is 0 Å². The molecule has 2 aliphatic heterocycles. The predicted octanol–water partition coefficient (Wildman–Crippen LogP) is 1.30. The Kier molecular flexibility index (Phi) is 7.12. The third-order valence-corrected chi connectivity index (χ3v) is 5.56. The van der Waals surface area contributed by atoms with Crippen LogP contribution in [0.5, 0.6) is 0 Å². The second-order valence-corrected chi connectivity index (χ2v) is 7.20. The largest absolute Gasteiger partial charge is 0.340 e. The van der Waals surface area contributed by atoms with Crippen LogP contribution in [0.15, 0.2) is 0 Å². The molecule has 118 valence electrons. The van der Waals surface area contributed by atoms with Crippen LogP contribution < -0.4 is 5.32 Å². The molecule has 0 aromatic carbocycles. The van der Waals surface area contributed by atoms with Crippen LogP contribution >= 0.6 is 24.2 Å². The quantitative estimate of drug-likeness (QED) is 0.850. The van der Waals surface area contributed by atoms with Gasteiger partial charge in [-0.05, 0) is 46.7 Å². The van der Waals surface area contributed by atoms with Crippen LogP contribution in [0.3, 0.4) is 0 Å². The topological polar surface area (TPSA) is 35.6 Å². The van der Waals surface area contributed by atoms with Gasteiger partial charge < -0.3 is 15.1 Å². The maximum absolute atomic E-state index is 12.6. The summed E-state index contributed by atoms with van der Waals surface area (Å²) in [6.45, 7) is 4.97. The average Bonchev–Trinajstić information content (AvgIpc) is 2.82. The molecule has 0 bridgehead atoms. The number of carbonyl (C=O) groups excluding carboxylic acids is 1. The zero-order chi connectivity index (χ0) is 14.0. The van der Waals surface area contributed by atoms with E-state index in [0.29, 0.717) is 23.2 Å². The van der Waals surface area contributed by atoms with Crippen molar-refractivity contribution in [3.8, 4) is 0 Å². The molecule has 1 N–H and O–H groups in total. The van der Waals surface area contributed by atoms with Crippen molar-refractivity contribution in [2.24, 2.45) is 5.92 Å². The molecule has 20 heavy (non-hydrogen) atoms. The van der Waals surface area contributed by atoms with Gasteiger partial charge in [0.1, 0.15) is 0 Å². The van der Waals surface area contributed by atoms with Gasteiger partial charge in [-0.15, -0.1) is 12.4 Å². The minimum Gasteiger partial charge on any atom is -0.340 e. The van der Waals surface area contributed by atoms with E-state index in [2.05, 4.69) is 42.4 Å². The first-order valence-corrected chi connectivity index (χ1v) is 8.53. The van der Waals surface area contributed by atoms with Gasteiger partial charge in [0.05, 0.1) is 0 Å². The van der Waals surface area contributed by atoms with Crippen LogP contribution in [-0.4, -0.2) is 73.0 Å². The molecular formula is C14H28ClN3OS. The van der Waals surface area contributed by atoms with Crippen molar-refractivity contribution < 1.29 is 4.79 Å². The lowest BCUT2D eigenvalue weighted by atomic mass is 9.92. The van der Waals surface area contributed by atoms with Crippen LogP contribution in [0.4, 0.5) is 0 Å². The molecule has 2 rings (SSSR count). The number of hydrogen-bond donors (Lipinski definition) is 1. The average molecular weight is 322 g/mol. The van der Waals surface area contributed by atoms with Crippen LogP contribution in [0, 0.1) is 5.92 Å². The van der Waals surface area contributed by atoms with Gasteiger partial charge in [0.2, 0.25) is 5.91 Å². The molecule has 0 radical (unpaired) electrons. The highest BCUT2D eigenvalue weighted by molar-refractivity contribution is 7.99. The summed E-state index contributed by atoms with van der Waals surface area (Å²) in [7, 11) is 4.24. The van der Waals surface area contributed by atoms with E-state index in [4.69, 9.17) is 0 Å². The van der Waals surface area contributed by atoms with Gasteiger partial charge in [-0.2, -0.15) is 11.8 Å². The fraction of sp³-hybridized carbons (Fsp3) is 0.929. The summed E-state index contributed by atoms with van der Waals surface area (Å²) in [6.07, 6.45) is 4.14. The van der Waals surface area contributed by atoms with E-state index in [1.807, 2.05) is 11.8 Å². The molecule has 0 saturated carbocycles. The number of halogens is 1. The zero-order valence-corrected chi connectivity index (χ0v) is 14.6. The molecule has 0 aliphatic carbocycles. The number of nitrogens with one attached hydrogen (secondary N) is 1. The number of rotatable bonds is 3. The van der Waals surface area contributed by atoms with E-state index < -0.39 is 0 Å². The Morgan fingerprint density at radius 1 is 1.35 bits per heavy atom. The van der Waals surface area contributed by atoms with Crippen LogP contribution in [-0.2, 0) is 4.79 Å². The number of amides is 1. The smallest absolute Gasteiger partial charge is 0.225 e. The standard InChI is InChI=1S/C14H27N3OS.ClH/c1-10-7-11(5-6-15-10)14(18)17-8-12(16(2)3)13(9-17)19-4;/h10-13,15H,5-9H2,1-4H3;1H/t10-,11-,12?,13?;/m0./s1. The van der Waals surface area contributed by atoms with E-state index in [1.165, 1.54) is 0 Å². The van der Waals surface area contributed by atoms with Gasteiger partial charge in [-0.25, -0.2) is 0 Å². The number of likely N-dealkylation sites (N-methyl/N-ethyl adjacent to an activating group) is 1. The molecule has 2 unspecified atom stereocenters. The first-order valence-electron chi connectivity index (χ1n) is 7.24. The molecule has 2 fully saturated rings. The lowest BCUT2D eigenvalue weighted by molar-refractivity contribution is -0.135. The SMILES string of the molecule is CSC1CN(C(=O)[C@H]2CCN[C@@H](C)C2)CC1N(C)C.Cl. The Balaban J connectivity index is 0.00000200. The Morgan fingerprint density at radius 3 is 2.55 bits per heavy atom. The van der Waals surface area contributed by atoms with Crippen molar-refractivity contribution in [1.82, 2.24) is 15.1 Å². The minimum absolute atomic E-state index is 0. The van der Waals surface area contributed by atoms with E-state index in [0.717, 1.165) is 32.5 Å². The second kappa shape index (κ2) is 7.87. The highest BCUT2D eigenvalue weighted by Crippen LogP contribution is 2.27. The van der Waals surface area contributed by atoms with Crippen molar-refractivity contribution in [2.75, 3.05) is 40.0 Å². The summed E-state index contributed by atoms with van der Waals surface area (Å²) in [4.78, 5) is 17.0. The Bertz CT molecular complexity index is 330. The van der Waals surface area contributed by atoms with Gasteiger partial charge in [0.15, 0.2) is 0 Å². The van der Waals surface area contributed by atoms with Crippen LogP contribution in [0.2, 0.25) is 0 Å². The first-order chi connectivity index (χ1) is 9.02. The van der Waals surface area contributed by atoms with E-state index in [-0.39, 0.29) is 18.3 Å². The summed E-state index contributed by atoms with van der Waals surface area (Å²) in [6, 6.07) is 0.976. The highest BCUT2D eigenvalue weighted by Gasteiger charge is 2.38. The van der Waals surface area contributed by atoms with E-state index in [9.17, 15) is 4.79 Å². The lowest BCUT2D eigenvalue weighted by Crippen LogP contribution is -2.44. The molecule has 1 amide bonds. The summed E-state index contributed by atoms with van der Waals surface area (Å²) in [5.41, 5.74) is 0. The van der Waals surface area contributed by atoms with Gasteiger partial charge in [0, 0.05) is 36.3 Å². The number of nitrogens with zero attached hydrogens (tertiary/aromatic N) is 2. The second-order valence-electron chi connectivity index (χ2n) is 6.12. The van der Waals surface area contributed by atoms with Gasteiger partial charge >= 0.3 is 0 Å². The van der Waals surface area contributed by atoms with Gasteiger partial charge in [0.25, 0.3) is 0 Å². The van der Waals surface area contributed by atoms with Crippen molar-refractivity contribution in [3.63, 3.8) is 0 Å². The zero-order valence-electron chi connectivity index (χ0n) is 13.0. The molecule has 4 atom stereocenters. The maximum Gasteiger partial charge on any atom is 0.225 e.